The van der Waals surface area contributed by atoms with E-state index in [4.69, 9.17) is 11.6 Å². The Hall–Kier alpha value is -2.37. The third-order valence-corrected chi connectivity index (χ3v) is 6.08. The lowest BCUT2D eigenvalue weighted by molar-refractivity contribution is -0.134. The van der Waals surface area contributed by atoms with E-state index < -0.39 is 0 Å². The van der Waals surface area contributed by atoms with E-state index in [-0.39, 0.29) is 30.9 Å². The van der Waals surface area contributed by atoms with Gasteiger partial charge in [0.05, 0.1) is 19.1 Å². The molecule has 1 aliphatic rings. The number of halogens is 1. The molecular formula is C24H30ClN3O2. The molecule has 1 atom stereocenters. The molecule has 1 unspecified atom stereocenters. The van der Waals surface area contributed by atoms with E-state index in [0.29, 0.717) is 17.3 Å². The number of anilines is 1. The Morgan fingerprint density at radius 3 is 2.70 bits per heavy atom. The topological polar surface area (TPSA) is 52.7 Å². The van der Waals surface area contributed by atoms with E-state index in [0.717, 1.165) is 24.8 Å². The highest BCUT2D eigenvalue weighted by atomic mass is 35.5. The Kier molecular flexibility index (Phi) is 7.51. The number of nitrogens with one attached hydrogen (secondary N) is 1. The molecule has 3 rings (SSSR count). The number of amides is 2. The Morgan fingerprint density at radius 2 is 1.93 bits per heavy atom. The van der Waals surface area contributed by atoms with E-state index in [1.807, 2.05) is 42.8 Å². The Labute approximate surface area is 184 Å². The molecule has 0 aliphatic heterocycles. The number of aryl methyl sites for hydroxylation is 2. The molecule has 0 heterocycles. The number of carbonyl (C=O) groups is 2. The zero-order valence-electron chi connectivity index (χ0n) is 18.0. The molecular weight excluding hydrogens is 398 g/mol. The molecule has 0 saturated carbocycles. The highest BCUT2D eigenvalue weighted by molar-refractivity contribution is 6.31. The van der Waals surface area contributed by atoms with Gasteiger partial charge >= 0.3 is 0 Å². The Morgan fingerprint density at radius 1 is 1.17 bits per heavy atom. The molecule has 0 saturated heterocycles. The zero-order valence-corrected chi connectivity index (χ0v) is 18.7. The van der Waals surface area contributed by atoms with Gasteiger partial charge in [-0.05, 0) is 61.6 Å². The molecule has 0 radical (unpaired) electrons. The normalized spacial score (nSPS) is 15.6. The number of likely N-dealkylation sites (N-methyl/N-ethyl adjacent to an activating group) is 2. The summed E-state index contributed by atoms with van der Waals surface area (Å²) in [7, 11) is 1.87. The first-order valence-corrected chi connectivity index (χ1v) is 10.9. The lowest BCUT2D eigenvalue weighted by atomic mass is 9.87. The van der Waals surface area contributed by atoms with Crippen molar-refractivity contribution in [2.75, 3.05) is 32.0 Å². The van der Waals surface area contributed by atoms with Crippen molar-refractivity contribution in [3.05, 3.63) is 64.2 Å². The molecule has 1 aliphatic carbocycles. The second kappa shape index (κ2) is 10.1. The highest BCUT2D eigenvalue weighted by Gasteiger charge is 2.27. The number of benzene rings is 2. The zero-order chi connectivity index (χ0) is 21.7. The highest BCUT2D eigenvalue weighted by Crippen LogP contribution is 2.33. The minimum atomic E-state index is -0.152. The van der Waals surface area contributed by atoms with Crippen LogP contribution < -0.4 is 5.32 Å². The van der Waals surface area contributed by atoms with Gasteiger partial charge in [-0.25, -0.2) is 0 Å². The number of fused-ring (bicyclic) bond motifs is 1. The quantitative estimate of drug-likeness (QED) is 0.710. The first-order chi connectivity index (χ1) is 14.4. The maximum absolute atomic E-state index is 13.0. The molecule has 0 spiro atoms. The van der Waals surface area contributed by atoms with Crippen LogP contribution >= 0.6 is 11.6 Å². The summed E-state index contributed by atoms with van der Waals surface area (Å²) in [5, 5.41) is 3.48. The van der Waals surface area contributed by atoms with Crippen molar-refractivity contribution >= 4 is 29.1 Å². The van der Waals surface area contributed by atoms with Crippen LogP contribution in [0.5, 0.6) is 0 Å². The van der Waals surface area contributed by atoms with Crippen LogP contribution in [0.15, 0.2) is 42.5 Å². The van der Waals surface area contributed by atoms with Gasteiger partial charge in [-0.3, -0.25) is 14.5 Å². The molecule has 2 aromatic rings. The number of hydrogen-bond donors (Lipinski definition) is 1. The van der Waals surface area contributed by atoms with Gasteiger partial charge in [-0.15, -0.1) is 0 Å². The second-order valence-electron chi connectivity index (χ2n) is 7.92. The molecule has 0 bridgehead atoms. The van der Waals surface area contributed by atoms with Gasteiger partial charge < -0.3 is 10.2 Å². The SMILES string of the molecule is CCN(CC(=O)Nc1cc(Cl)ccc1C)CC(=O)N(C)C1CCCc2ccccc21. The molecule has 1 N–H and O–H groups in total. The van der Waals surface area contributed by atoms with Gasteiger partial charge in [0.15, 0.2) is 0 Å². The molecule has 30 heavy (non-hydrogen) atoms. The largest absolute Gasteiger partial charge is 0.338 e. The van der Waals surface area contributed by atoms with Crippen LogP contribution in [-0.2, 0) is 16.0 Å². The summed E-state index contributed by atoms with van der Waals surface area (Å²) < 4.78 is 0. The number of hydrogen-bond acceptors (Lipinski definition) is 3. The van der Waals surface area contributed by atoms with E-state index in [1.54, 1.807) is 12.1 Å². The van der Waals surface area contributed by atoms with Crippen molar-refractivity contribution < 1.29 is 9.59 Å². The first-order valence-electron chi connectivity index (χ1n) is 10.5. The fourth-order valence-electron chi connectivity index (χ4n) is 4.01. The summed E-state index contributed by atoms with van der Waals surface area (Å²) in [5.41, 5.74) is 4.22. The van der Waals surface area contributed by atoms with E-state index in [1.165, 1.54) is 11.1 Å². The molecule has 2 amide bonds. The summed E-state index contributed by atoms with van der Waals surface area (Å²) in [4.78, 5) is 29.2. The standard InChI is InChI=1S/C24H30ClN3O2/c1-4-28(15-23(29)26-21-14-19(25)13-12-17(21)2)16-24(30)27(3)22-11-7-9-18-8-5-6-10-20(18)22/h5-6,8,10,12-14,22H,4,7,9,11,15-16H2,1-3H3,(H,26,29). The third kappa shape index (κ3) is 5.41. The maximum atomic E-state index is 13.0. The minimum Gasteiger partial charge on any atom is -0.338 e. The smallest absolute Gasteiger partial charge is 0.238 e. The third-order valence-electron chi connectivity index (χ3n) is 5.85. The first kappa shape index (κ1) is 22.3. The van der Waals surface area contributed by atoms with E-state index >= 15 is 0 Å². The fraction of sp³-hybridized carbons (Fsp3) is 0.417. The molecule has 5 nitrogen and oxygen atoms in total. The minimum absolute atomic E-state index is 0.0327. The van der Waals surface area contributed by atoms with Crippen molar-refractivity contribution in [2.24, 2.45) is 0 Å². The van der Waals surface area contributed by atoms with Gasteiger partial charge in [0.2, 0.25) is 11.8 Å². The van der Waals surface area contributed by atoms with Crippen molar-refractivity contribution in [2.45, 2.75) is 39.2 Å². The monoisotopic (exact) mass is 427 g/mol. The lowest BCUT2D eigenvalue weighted by Gasteiger charge is -2.34. The summed E-state index contributed by atoms with van der Waals surface area (Å²) in [6.07, 6.45) is 3.12. The van der Waals surface area contributed by atoms with Crippen LogP contribution in [0, 0.1) is 6.92 Å². The number of nitrogens with zero attached hydrogens (tertiary/aromatic N) is 2. The second-order valence-corrected chi connectivity index (χ2v) is 8.36. The van der Waals surface area contributed by atoms with Gasteiger partial charge in [0.25, 0.3) is 0 Å². The van der Waals surface area contributed by atoms with E-state index in [9.17, 15) is 9.59 Å². The van der Waals surface area contributed by atoms with E-state index in [2.05, 4.69) is 23.5 Å². The van der Waals surface area contributed by atoms with Crippen LogP contribution in [0.1, 0.15) is 42.5 Å². The van der Waals surface area contributed by atoms with Gasteiger partial charge in [-0.1, -0.05) is 48.9 Å². The predicted molar refractivity (Wildman–Crippen MR) is 122 cm³/mol. The molecule has 6 heteroatoms. The van der Waals surface area contributed by atoms with Crippen molar-refractivity contribution in [3.8, 4) is 0 Å². The van der Waals surface area contributed by atoms with Crippen LogP contribution in [0.3, 0.4) is 0 Å². The van der Waals surface area contributed by atoms with Crippen LogP contribution in [0.2, 0.25) is 5.02 Å². The molecule has 0 aromatic heterocycles. The van der Waals surface area contributed by atoms with Gasteiger partial charge in [-0.2, -0.15) is 0 Å². The van der Waals surface area contributed by atoms with Crippen LogP contribution in [0.25, 0.3) is 0 Å². The summed E-state index contributed by atoms with van der Waals surface area (Å²) in [5.74, 6) is -0.119. The average molecular weight is 428 g/mol. The summed E-state index contributed by atoms with van der Waals surface area (Å²) in [6.45, 7) is 4.87. The molecule has 0 fully saturated rings. The van der Waals surface area contributed by atoms with Crippen molar-refractivity contribution in [1.29, 1.82) is 0 Å². The molecule has 160 valence electrons. The Bertz CT molecular complexity index is 915. The van der Waals surface area contributed by atoms with Crippen LogP contribution in [0.4, 0.5) is 5.69 Å². The number of rotatable bonds is 7. The fourth-order valence-corrected chi connectivity index (χ4v) is 4.18. The number of carbonyl (C=O) groups excluding carboxylic acids is 2. The van der Waals surface area contributed by atoms with Gasteiger partial charge in [0.1, 0.15) is 0 Å². The van der Waals surface area contributed by atoms with Crippen LogP contribution in [-0.4, -0.2) is 48.3 Å². The predicted octanol–water partition coefficient (Wildman–Crippen LogP) is 4.44. The summed E-state index contributed by atoms with van der Waals surface area (Å²) >= 11 is 6.03. The molecule has 2 aromatic carbocycles. The Balaban J connectivity index is 1.60. The lowest BCUT2D eigenvalue weighted by Crippen LogP contribution is -2.43. The maximum Gasteiger partial charge on any atom is 0.238 e. The average Bonchev–Trinajstić information content (AvgIpc) is 2.74. The summed E-state index contributed by atoms with van der Waals surface area (Å²) in [6, 6.07) is 13.9. The van der Waals surface area contributed by atoms with Gasteiger partial charge in [0, 0.05) is 17.8 Å². The van der Waals surface area contributed by atoms with Crippen molar-refractivity contribution in [3.63, 3.8) is 0 Å². The van der Waals surface area contributed by atoms with Crippen molar-refractivity contribution in [1.82, 2.24) is 9.80 Å².